The summed E-state index contributed by atoms with van der Waals surface area (Å²) in [6.45, 7) is 4.04. The van der Waals surface area contributed by atoms with Crippen molar-refractivity contribution in [2.24, 2.45) is 4.99 Å². The molecule has 1 N–H and O–H groups in total. The Morgan fingerprint density at radius 2 is 1.52 bits per heavy atom. The molecule has 0 aliphatic carbocycles. The zero-order valence-corrected chi connectivity index (χ0v) is 22.9. The van der Waals surface area contributed by atoms with E-state index in [1.54, 1.807) is 35.5 Å². The first-order valence-corrected chi connectivity index (χ1v) is 10.5. The van der Waals surface area contributed by atoms with Gasteiger partial charge in [0.1, 0.15) is 11.5 Å². The lowest BCUT2D eigenvalue weighted by atomic mass is 10.1. The van der Waals surface area contributed by atoms with Gasteiger partial charge in [-0.1, -0.05) is 6.07 Å². The summed E-state index contributed by atoms with van der Waals surface area (Å²) in [4.78, 5) is 6.87. The number of guanidine groups is 1. The normalized spacial score (nSPS) is 10.7. The van der Waals surface area contributed by atoms with Crippen LogP contribution in [0.3, 0.4) is 0 Å². The third kappa shape index (κ3) is 7.48. The lowest BCUT2D eigenvalue weighted by molar-refractivity contribution is 0.322. The number of hydrogen-bond acceptors (Lipinski definition) is 6. The van der Waals surface area contributed by atoms with E-state index in [0.717, 1.165) is 35.1 Å². The van der Waals surface area contributed by atoms with Gasteiger partial charge in [0.05, 0.1) is 35.5 Å². The van der Waals surface area contributed by atoms with Gasteiger partial charge in [0, 0.05) is 43.9 Å². The summed E-state index contributed by atoms with van der Waals surface area (Å²) < 4.78 is 27.2. The van der Waals surface area contributed by atoms with Crippen LogP contribution in [0, 0.1) is 0 Å². The Morgan fingerprint density at radius 1 is 0.848 bits per heavy atom. The summed E-state index contributed by atoms with van der Waals surface area (Å²) in [5.74, 6) is 4.25. The number of benzene rings is 2. The van der Waals surface area contributed by atoms with Gasteiger partial charge in [0.15, 0.2) is 17.5 Å². The van der Waals surface area contributed by atoms with Crippen LogP contribution in [-0.4, -0.2) is 66.5 Å². The summed E-state index contributed by atoms with van der Waals surface area (Å²) >= 11 is 0. The molecule has 33 heavy (non-hydrogen) atoms. The molecule has 0 saturated carbocycles. The number of nitrogens with zero attached hydrogens (tertiary/aromatic N) is 2. The van der Waals surface area contributed by atoms with Crippen molar-refractivity contribution >= 4 is 29.9 Å². The van der Waals surface area contributed by atoms with Gasteiger partial charge in [-0.2, -0.15) is 0 Å². The second kappa shape index (κ2) is 14.6. The number of aliphatic imine (C=N–C) groups is 1. The van der Waals surface area contributed by atoms with Crippen molar-refractivity contribution in [3.05, 3.63) is 41.5 Å². The predicted octanol–water partition coefficient (Wildman–Crippen LogP) is 3.99. The molecule has 0 atom stereocenters. The van der Waals surface area contributed by atoms with E-state index in [1.807, 2.05) is 37.4 Å². The Bertz CT molecular complexity index is 908. The molecule has 2 aromatic rings. The van der Waals surface area contributed by atoms with Gasteiger partial charge >= 0.3 is 0 Å². The third-order valence-corrected chi connectivity index (χ3v) is 5.03. The Morgan fingerprint density at radius 3 is 2.09 bits per heavy atom. The first-order chi connectivity index (χ1) is 15.5. The topological polar surface area (TPSA) is 73.8 Å². The maximum Gasteiger partial charge on any atom is 0.203 e. The van der Waals surface area contributed by atoms with Crippen molar-refractivity contribution in [2.75, 3.05) is 55.7 Å². The molecule has 0 fully saturated rings. The number of hydrogen-bond donors (Lipinski definition) is 1. The minimum absolute atomic E-state index is 0. The Labute approximate surface area is 214 Å². The summed E-state index contributed by atoms with van der Waals surface area (Å²) in [5, 5.41) is 3.35. The van der Waals surface area contributed by atoms with E-state index >= 15 is 0 Å². The molecular weight excluding hydrogens is 537 g/mol. The molecule has 0 aliphatic heterocycles. The molecule has 0 spiro atoms. The van der Waals surface area contributed by atoms with Gasteiger partial charge < -0.3 is 33.9 Å². The molecule has 0 amide bonds. The molecule has 0 unspecified atom stereocenters. The average molecular weight is 573 g/mol. The Kier molecular flexibility index (Phi) is 12.6. The van der Waals surface area contributed by atoms with E-state index in [1.165, 1.54) is 0 Å². The molecule has 184 valence electrons. The monoisotopic (exact) mass is 573 g/mol. The second-order valence-electron chi connectivity index (χ2n) is 7.01. The van der Waals surface area contributed by atoms with Crippen molar-refractivity contribution in [1.82, 2.24) is 10.2 Å². The number of ether oxygens (including phenoxy) is 5. The number of methoxy groups -OCH3 is 5. The van der Waals surface area contributed by atoms with Crippen LogP contribution in [0.2, 0.25) is 0 Å². The van der Waals surface area contributed by atoms with Gasteiger partial charge in [-0.15, -0.1) is 24.0 Å². The minimum Gasteiger partial charge on any atom is -0.497 e. The average Bonchev–Trinajstić information content (AvgIpc) is 2.82. The van der Waals surface area contributed by atoms with Gasteiger partial charge in [-0.05, 0) is 31.5 Å². The fourth-order valence-electron chi connectivity index (χ4n) is 3.42. The first-order valence-electron chi connectivity index (χ1n) is 10.5. The van der Waals surface area contributed by atoms with E-state index < -0.39 is 0 Å². The van der Waals surface area contributed by atoms with E-state index in [0.29, 0.717) is 36.8 Å². The minimum atomic E-state index is 0. The molecule has 8 nitrogen and oxygen atoms in total. The van der Waals surface area contributed by atoms with Crippen LogP contribution in [0.15, 0.2) is 35.3 Å². The molecule has 2 rings (SSSR count). The fraction of sp³-hybridized carbons (Fsp3) is 0.458. The standard InChI is InChI=1S/C24H35N3O5.HI/c1-8-25-24(27(2)16-18-9-11-19(28-3)15-21(18)30-5)26-14-13-17-10-12-20(29-4)23(32-7)22(17)31-6;/h9-12,15H,8,13-14,16H2,1-7H3,(H,25,26);1H. The van der Waals surface area contributed by atoms with Crippen LogP contribution in [-0.2, 0) is 13.0 Å². The third-order valence-electron chi connectivity index (χ3n) is 5.03. The highest BCUT2D eigenvalue weighted by Gasteiger charge is 2.16. The number of rotatable bonds is 11. The van der Waals surface area contributed by atoms with Crippen LogP contribution in [0.25, 0.3) is 0 Å². The zero-order chi connectivity index (χ0) is 23.5. The van der Waals surface area contributed by atoms with Gasteiger partial charge in [-0.3, -0.25) is 4.99 Å². The highest BCUT2D eigenvalue weighted by atomic mass is 127. The highest BCUT2D eigenvalue weighted by Crippen LogP contribution is 2.39. The fourth-order valence-corrected chi connectivity index (χ4v) is 3.42. The number of nitrogens with one attached hydrogen (secondary N) is 1. The summed E-state index contributed by atoms with van der Waals surface area (Å²) in [6.07, 6.45) is 0.693. The molecular formula is C24H36IN3O5. The van der Waals surface area contributed by atoms with Crippen molar-refractivity contribution < 1.29 is 23.7 Å². The van der Waals surface area contributed by atoms with Gasteiger partial charge in [-0.25, -0.2) is 0 Å². The van der Waals surface area contributed by atoms with E-state index in [9.17, 15) is 0 Å². The smallest absolute Gasteiger partial charge is 0.203 e. The molecule has 9 heteroatoms. The molecule has 0 aliphatic rings. The lowest BCUT2D eigenvalue weighted by Crippen LogP contribution is -2.38. The van der Waals surface area contributed by atoms with Crippen LogP contribution >= 0.6 is 24.0 Å². The number of halogens is 1. The highest BCUT2D eigenvalue weighted by molar-refractivity contribution is 14.0. The predicted molar refractivity (Wildman–Crippen MR) is 142 cm³/mol. The summed E-state index contributed by atoms with van der Waals surface area (Å²) in [7, 11) is 10.1. The van der Waals surface area contributed by atoms with E-state index in [2.05, 4.69) is 17.1 Å². The van der Waals surface area contributed by atoms with Gasteiger partial charge in [0.2, 0.25) is 5.75 Å². The molecule has 0 aromatic heterocycles. The van der Waals surface area contributed by atoms with Crippen molar-refractivity contribution in [3.63, 3.8) is 0 Å². The van der Waals surface area contributed by atoms with Crippen LogP contribution in [0.5, 0.6) is 28.7 Å². The van der Waals surface area contributed by atoms with Crippen LogP contribution < -0.4 is 29.0 Å². The second-order valence-corrected chi connectivity index (χ2v) is 7.01. The molecule has 0 saturated heterocycles. The van der Waals surface area contributed by atoms with Crippen molar-refractivity contribution in [2.45, 2.75) is 19.9 Å². The Balaban J connectivity index is 0.00000544. The molecule has 2 aromatic carbocycles. The Hall–Kier alpha value is -2.56. The zero-order valence-electron chi connectivity index (χ0n) is 20.6. The maximum atomic E-state index is 5.58. The molecule has 0 bridgehead atoms. The van der Waals surface area contributed by atoms with Crippen LogP contribution in [0.1, 0.15) is 18.1 Å². The lowest BCUT2D eigenvalue weighted by Gasteiger charge is -2.23. The van der Waals surface area contributed by atoms with Crippen LogP contribution in [0.4, 0.5) is 0 Å². The van der Waals surface area contributed by atoms with Crippen molar-refractivity contribution in [1.29, 1.82) is 0 Å². The largest absolute Gasteiger partial charge is 0.497 e. The SMILES string of the molecule is CCNC(=NCCc1ccc(OC)c(OC)c1OC)N(C)Cc1ccc(OC)cc1OC.I. The molecule has 0 heterocycles. The molecule has 0 radical (unpaired) electrons. The van der Waals surface area contributed by atoms with Crippen molar-refractivity contribution in [3.8, 4) is 28.7 Å². The quantitative estimate of drug-likeness (QED) is 0.248. The first kappa shape index (κ1) is 28.5. The van der Waals surface area contributed by atoms with Gasteiger partial charge in [0.25, 0.3) is 0 Å². The summed E-state index contributed by atoms with van der Waals surface area (Å²) in [5.41, 5.74) is 2.05. The van der Waals surface area contributed by atoms with E-state index in [4.69, 9.17) is 28.7 Å². The summed E-state index contributed by atoms with van der Waals surface area (Å²) in [6, 6.07) is 9.68. The maximum absolute atomic E-state index is 5.58. The van der Waals surface area contributed by atoms with E-state index in [-0.39, 0.29) is 24.0 Å².